The molecular formula is C14H24N2O2. The molecule has 1 N–H and O–H groups in total. The predicted octanol–water partition coefficient (Wildman–Crippen LogP) is 1.55. The summed E-state index contributed by atoms with van der Waals surface area (Å²) in [6, 6.07) is -0.0401. The molecule has 18 heavy (non-hydrogen) atoms. The number of carbonyl (C=O) groups is 2. The van der Waals surface area contributed by atoms with E-state index in [4.69, 9.17) is 0 Å². The van der Waals surface area contributed by atoms with Gasteiger partial charge in [-0.3, -0.25) is 9.59 Å². The van der Waals surface area contributed by atoms with E-state index in [1.54, 1.807) is 0 Å². The number of nitrogens with zero attached hydrogens (tertiary/aromatic N) is 1. The van der Waals surface area contributed by atoms with Crippen LogP contribution in [-0.4, -0.2) is 35.3 Å². The molecule has 1 saturated heterocycles. The van der Waals surface area contributed by atoms with Crippen LogP contribution in [0.15, 0.2) is 0 Å². The second-order valence-corrected chi connectivity index (χ2v) is 5.67. The lowest BCUT2D eigenvalue weighted by molar-refractivity contribution is -0.147. The maximum atomic E-state index is 12.3. The summed E-state index contributed by atoms with van der Waals surface area (Å²) in [7, 11) is 0. The Hall–Kier alpha value is -1.06. The van der Waals surface area contributed by atoms with E-state index in [0.717, 1.165) is 6.42 Å². The monoisotopic (exact) mass is 252 g/mol. The van der Waals surface area contributed by atoms with E-state index in [0.29, 0.717) is 18.3 Å². The van der Waals surface area contributed by atoms with E-state index in [1.807, 2.05) is 11.8 Å². The number of hydrogen-bond donors (Lipinski definition) is 1. The standard InChI is InChI=1S/C14H24N2O2/c1-4-10-6-7-12(9(10)3)16-8-13(17)15-11(5-2)14(16)18/h9-12H,4-8H2,1-3H3,(H,15,17). The fourth-order valence-electron chi connectivity index (χ4n) is 3.53. The average molecular weight is 252 g/mol. The molecule has 4 heteroatoms. The van der Waals surface area contributed by atoms with Crippen LogP contribution < -0.4 is 5.32 Å². The SMILES string of the molecule is CCC1NC(=O)CN(C2CCC(CC)C2C)C1=O. The van der Waals surface area contributed by atoms with E-state index >= 15 is 0 Å². The first-order chi connectivity index (χ1) is 8.58. The lowest BCUT2D eigenvalue weighted by atomic mass is 9.92. The van der Waals surface area contributed by atoms with Crippen molar-refractivity contribution in [1.29, 1.82) is 0 Å². The molecule has 1 heterocycles. The number of hydrogen-bond acceptors (Lipinski definition) is 2. The summed E-state index contributed by atoms with van der Waals surface area (Å²) in [5.41, 5.74) is 0. The first kappa shape index (κ1) is 13.4. The Kier molecular flexibility index (Phi) is 3.93. The van der Waals surface area contributed by atoms with Gasteiger partial charge in [0.2, 0.25) is 11.8 Å². The first-order valence-electron chi connectivity index (χ1n) is 7.18. The van der Waals surface area contributed by atoms with Crippen molar-refractivity contribution in [1.82, 2.24) is 10.2 Å². The normalized spacial score (nSPS) is 36.9. The van der Waals surface area contributed by atoms with Crippen LogP contribution in [0.1, 0.15) is 46.5 Å². The Morgan fingerprint density at radius 1 is 1.22 bits per heavy atom. The summed E-state index contributed by atoms with van der Waals surface area (Å²) in [5.74, 6) is 1.33. The topological polar surface area (TPSA) is 49.4 Å². The quantitative estimate of drug-likeness (QED) is 0.828. The van der Waals surface area contributed by atoms with Crippen LogP contribution in [-0.2, 0) is 9.59 Å². The van der Waals surface area contributed by atoms with E-state index in [9.17, 15) is 9.59 Å². The highest BCUT2D eigenvalue weighted by molar-refractivity contribution is 5.95. The zero-order chi connectivity index (χ0) is 13.3. The molecule has 4 atom stereocenters. The summed E-state index contributed by atoms with van der Waals surface area (Å²) in [4.78, 5) is 25.9. The summed E-state index contributed by atoms with van der Waals surface area (Å²) < 4.78 is 0. The lowest BCUT2D eigenvalue weighted by Gasteiger charge is -2.38. The Bertz CT molecular complexity index is 343. The average Bonchev–Trinajstić information content (AvgIpc) is 2.73. The number of amides is 2. The molecule has 0 aromatic rings. The maximum Gasteiger partial charge on any atom is 0.245 e. The van der Waals surface area contributed by atoms with Gasteiger partial charge in [0, 0.05) is 6.04 Å². The largest absolute Gasteiger partial charge is 0.343 e. The molecule has 2 rings (SSSR count). The highest BCUT2D eigenvalue weighted by Gasteiger charge is 2.42. The van der Waals surface area contributed by atoms with Crippen LogP contribution in [0.5, 0.6) is 0 Å². The fraction of sp³-hybridized carbons (Fsp3) is 0.857. The first-order valence-corrected chi connectivity index (χ1v) is 7.18. The number of piperazine rings is 1. The molecule has 2 aliphatic rings. The van der Waals surface area contributed by atoms with Crippen molar-refractivity contribution in [3.63, 3.8) is 0 Å². The van der Waals surface area contributed by atoms with Gasteiger partial charge < -0.3 is 10.2 Å². The van der Waals surface area contributed by atoms with Crippen molar-refractivity contribution >= 4 is 11.8 Å². The second kappa shape index (κ2) is 5.29. The molecule has 4 unspecified atom stereocenters. The molecule has 0 bridgehead atoms. The third-order valence-corrected chi connectivity index (χ3v) is 4.75. The molecule has 2 amide bonds. The molecule has 102 valence electrons. The Labute approximate surface area is 109 Å². The molecule has 2 fully saturated rings. The molecule has 0 spiro atoms. The van der Waals surface area contributed by atoms with Crippen molar-refractivity contribution < 1.29 is 9.59 Å². The number of carbonyl (C=O) groups excluding carboxylic acids is 2. The molecule has 1 aliphatic carbocycles. The highest BCUT2D eigenvalue weighted by Crippen LogP contribution is 2.37. The van der Waals surface area contributed by atoms with E-state index in [-0.39, 0.29) is 30.4 Å². The Balaban J connectivity index is 2.12. The van der Waals surface area contributed by atoms with Crippen LogP contribution in [0.2, 0.25) is 0 Å². The van der Waals surface area contributed by atoms with Gasteiger partial charge in [-0.2, -0.15) is 0 Å². The smallest absolute Gasteiger partial charge is 0.245 e. The minimum absolute atomic E-state index is 0.00593. The lowest BCUT2D eigenvalue weighted by Crippen LogP contribution is -2.61. The molecule has 1 saturated carbocycles. The predicted molar refractivity (Wildman–Crippen MR) is 69.9 cm³/mol. The van der Waals surface area contributed by atoms with E-state index in [1.165, 1.54) is 12.8 Å². The van der Waals surface area contributed by atoms with Crippen molar-refractivity contribution in [2.24, 2.45) is 11.8 Å². The second-order valence-electron chi connectivity index (χ2n) is 5.67. The summed E-state index contributed by atoms with van der Waals surface area (Å²) in [6.45, 7) is 6.63. The van der Waals surface area contributed by atoms with Crippen molar-refractivity contribution in [3.05, 3.63) is 0 Å². The number of nitrogens with one attached hydrogen (secondary N) is 1. The van der Waals surface area contributed by atoms with E-state index < -0.39 is 0 Å². The molecule has 0 aromatic carbocycles. The van der Waals surface area contributed by atoms with Crippen LogP contribution >= 0.6 is 0 Å². The summed E-state index contributed by atoms with van der Waals surface area (Å²) >= 11 is 0. The van der Waals surface area contributed by atoms with E-state index in [2.05, 4.69) is 19.2 Å². The number of rotatable bonds is 3. The van der Waals surface area contributed by atoms with Crippen LogP contribution in [0.25, 0.3) is 0 Å². The van der Waals surface area contributed by atoms with Crippen LogP contribution in [0.4, 0.5) is 0 Å². The van der Waals surface area contributed by atoms with Gasteiger partial charge in [-0.15, -0.1) is 0 Å². The minimum atomic E-state index is -0.306. The zero-order valence-electron chi connectivity index (χ0n) is 11.6. The van der Waals surface area contributed by atoms with Gasteiger partial charge in [0.25, 0.3) is 0 Å². The molecule has 0 radical (unpaired) electrons. The van der Waals surface area contributed by atoms with Crippen LogP contribution in [0.3, 0.4) is 0 Å². The fourth-order valence-corrected chi connectivity index (χ4v) is 3.53. The molecular weight excluding hydrogens is 228 g/mol. The minimum Gasteiger partial charge on any atom is -0.343 e. The Morgan fingerprint density at radius 2 is 1.94 bits per heavy atom. The Morgan fingerprint density at radius 3 is 2.50 bits per heavy atom. The summed E-state index contributed by atoms with van der Waals surface area (Å²) in [6.07, 6.45) is 4.09. The molecule has 4 nitrogen and oxygen atoms in total. The summed E-state index contributed by atoms with van der Waals surface area (Å²) in [5, 5.41) is 2.78. The van der Waals surface area contributed by atoms with Gasteiger partial charge in [0.15, 0.2) is 0 Å². The maximum absolute atomic E-state index is 12.3. The van der Waals surface area contributed by atoms with Gasteiger partial charge in [0.1, 0.15) is 6.04 Å². The zero-order valence-corrected chi connectivity index (χ0v) is 11.6. The highest BCUT2D eigenvalue weighted by atomic mass is 16.2. The van der Waals surface area contributed by atoms with Crippen molar-refractivity contribution in [2.45, 2.75) is 58.5 Å². The van der Waals surface area contributed by atoms with Gasteiger partial charge in [-0.1, -0.05) is 27.2 Å². The van der Waals surface area contributed by atoms with Gasteiger partial charge >= 0.3 is 0 Å². The molecule has 1 aliphatic heterocycles. The van der Waals surface area contributed by atoms with Crippen molar-refractivity contribution in [3.8, 4) is 0 Å². The van der Waals surface area contributed by atoms with Gasteiger partial charge in [0.05, 0.1) is 6.54 Å². The van der Waals surface area contributed by atoms with Gasteiger partial charge in [-0.05, 0) is 31.1 Å². The van der Waals surface area contributed by atoms with Gasteiger partial charge in [-0.25, -0.2) is 0 Å². The molecule has 0 aromatic heterocycles. The van der Waals surface area contributed by atoms with Crippen molar-refractivity contribution in [2.75, 3.05) is 6.54 Å². The third-order valence-electron chi connectivity index (χ3n) is 4.75. The van der Waals surface area contributed by atoms with Crippen LogP contribution in [0, 0.1) is 11.8 Å². The third kappa shape index (κ3) is 2.25.